The molecule has 0 fully saturated rings. The number of amides is 2. The molecule has 0 radical (unpaired) electrons. The highest BCUT2D eigenvalue weighted by Crippen LogP contribution is 2.29. The Morgan fingerprint density at radius 1 is 1.30 bits per heavy atom. The summed E-state index contributed by atoms with van der Waals surface area (Å²) in [5.74, 6) is -1.17. The fourth-order valence-electron chi connectivity index (χ4n) is 2.24. The Labute approximate surface area is 118 Å². The summed E-state index contributed by atoms with van der Waals surface area (Å²) in [6.45, 7) is 5.84. The van der Waals surface area contributed by atoms with Crippen molar-refractivity contribution in [3.8, 4) is 0 Å². The molecule has 0 unspecified atom stereocenters. The van der Waals surface area contributed by atoms with Crippen molar-refractivity contribution in [3.05, 3.63) is 29.3 Å². The smallest absolute Gasteiger partial charge is 0.299 e. The first-order chi connectivity index (χ1) is 9.40. The van der Waals surface area contributed by atoms with E-state index in [4.69, 9.17) is 0 Å². The van der Waals surface area contributed by atoms with E-state index in [0.29, 0.717) is 11.3 Å². The third kappa shape index (κ3) is 2.71. The number of rotatable bonds is 4. The van der Waals surface area contributed by atoms with E-state index >= 15 is 0 Å². The lowest BCUT2D eigenvalue weighted by molar-refractivity contribution is -0.121. The number of carbonyl (C=O) groups excluding carboxylic acids is 3. The summed E-state index contributed by atoms with van der Waals surface area (Å²) in [5.41, 5.74) is 1.96. The average molecular weight is 274 g/mol. The third-order valence-electron chi connectivity index (χ3n) is 3.14. The monoisotopic (exact) mass is 274 g/mol. The van der Waals surface area contributed by atoms with Gasteiger partial charge < -0.3 is 10.2 Å². The number of nitrogens with one attached hydrogen (secondary N) is 1. The molecule has 20 heavy (non-hydrogen) atoms. The third-order valence-corrected chi connectivity index (χ3v) is 3.14. The number of Topliss-reactive ketones (excluding diaryl/α,β-unsaturated/α-hetero) is 1. The summed E-state index contributed by atoms with van der Waals surface area (Å²) in [6.07, 6.45) is 0.185. The highest BCUT2D eigenvalue weighted by Gasteiger charge is 2.35. The summed E-state index contributed by atoms with van der Waals surface area (Å²) in [5, 5.41) is 2.76. The van der Waals surface area contributed by atoms with Crippen molar-refractivity contribution in [2.24, 2.45) is 0 Å². The molecule has 0 spiro atoms. The van der Waals surface area contributed by atoms with E-state index in [-0.39, 0.29) is 24.9 Å². The van der Waals surface area contributed by atoms with E-state index < -0.39 is 11.7 Å². The van der Waals surface area contributed by atoms with Gasteiger partial charge in [-0.15, -0.1) is 0 Å². The van der Waals surface area contributed by atoms with Crippen LogP contribution in [0.3, 0.4) is 0 Å². The predicted molar refractivity (Wildman–Crippen MR) is 75.8 cm³/mol. The zero-order valence-electron chi connectivity index (χ0n) is 11.9. The summed E-state index contributed by atoms with van der Waals surface area (Å²) < 4.78 is 0. The Kier molecular flexibility index (Phi) is 3.88. The minimum atomic E-state index is -0.553. The average Bonchev–Trinajstić information content (AvgIpc) is 2.59. The molecule has 0 aliphatic carbocycles. The number of carbonyl (C=O) groups is 3. The standard InChI is InChI=1S/C15H18N2O3/c1-9(2)16-13(18)6-7-17-12-5-4-10(3)8-11(12)14(19)15(17)20/h4-5,8-9H,6-7H2,1-3H3,(H,16,18). The molecule has 5 heteroatoms. The van der Waals surface area contributed by atoms with E-state index in [9.17, 15) is 14.4 Å². The number of benzene rings is 1. The Morgan fingerprint density at radius 3 is 2.65 bits per heavy atom. The van der Waals surface area contributed by atoms with Crippen molar-refractivity contribution in [2.45, 2.75) is 33.2 Å². The molecule has 0 aromatic heterocycles. The molecule has 106 valence electrons. The zero-order chi connectivity index (χ0) is 14.9. The second-order valence-electron chi connectivity index (χ2n) is 5.28. The fourth-order valence-corrected chi connectivity index (χ4v) is 2.24. The van der Waals surface area contributed by atoms with Gasteiger partial charge in [-0.25, -0.2) is 0 Å². The highest BCUT2D eigenvalue weighted by molar-refractivity contribution is 6.52. The second-order valence-corrected chi connectivity index (χ2v) is 5.28. The predicted octanol–water partition coefficient (Wildman–Crippen LogP) is 1.44. The van der Waals surface area contributed by atoms with Crippen molar-refractivity contribution in [3.63, 3.8) is 0 Å². The Morgan fingerprint density at radius 2 is 2.00 bits per heavy atom. The molecule has 1 aliphatic rings. The van der Waals surface area contributed by atoms with E-state index in [0.717, 1.165) is 5.56 Å². The molecule has 1 aromatic carbocycles. The van der Waals surface area contributed by atoms with E-state index in [1.165, 1.54) is 4.90 Å². The number of nitrogens with zero attached hydrogens (tertiary/aromatic N) is 1. The molecule has 0 bridgehead atoms. The van der Waals surface area contributed by atoms with Gasteiger partial charge >= 0.3 is 0 Å². The van der Waals surface area contributed by atoms with Crippen molar-refractivity contribution in [1.29, 1.82) is 0 Å². The lowest BCUT2D eigenvalue weighted by Gasteiger charge is -2.17. The van der Waals surface area contributed by atoms with Crippen LogP contribution in [0.25, 0.3) is 0 Å². The molecule has 2 amide bonds. The zero-order valence-corrected chi connectivity index (χ0v) is 11.9. The number of ketones is 1. The maximum atomic E-state index is 12.0. The topological polar surface area (TPSA) is 66.5 Å². The Balaban J connectivity index is 2.12. The molecule has 5 nitrogen and oxygen atoms in total. The van der Waals surface area contributed by atoms with Gasteiger partial charge in [0.1, 0.15) is 0 Å². The maximum absolute atomic E-state index is 12.0. The molecule has 2 rings (SSSR count). The number of hydrogen-bond acceptors (Lipinski definition) is 3. The van der Waals surface area contributed by atoms with E-state index in [2.05, 4.69) is 5.32 Å². The SMILES string of the molecule is Cc1ccc2c(c1)C(=O)C(=O)N2CCC(=O)NC(C)C. The van der Waals surface area contributed by atoms with Gasteiger partial charge in [-0.05, 0) is 32.9 Å². The van der Waals surface area contributed by atoms with Crippen LogP contribution in [0.1, 0.15) is 36.2 Å². The van der Waals surface area contributed by atoms with Crippen LogP contribution >= 0.6 is 0 Å². The van der Waals surface area contributed by atoms with Crippen LogP contribution in [0.15, 0.2) is 18.2 Å². The molecular formula is C15H18N2O3. The largest absolute Gasteiger partial charge is 0.354 e. The molecule has 1 aromatic rings. The number of hydrogen-bond donors (Lipinski definition) is 1. The lowest BCUT2D eigenvalue weighted by atomic mass is 10.1. The van der Waals surface area contributed by atoms with Crippen molar-refractivity contribution >= 4 is 23.3 Å². The number of aryl methyl sites for hydroxylation is 1. The summed E-state index contributed by atoms with van der Waals surface area (Å²) in [7, 11) is 0. The van der Waals surface area contributed by atoms with Crippen LogP contribution in [-0.2, 0) is 9.59 Å². The maximum Gasteiger partial charge on any atom is 0.299 e. The number of anilines is 1. The molecule has 0 atom stereocenters. The molecule has 1 N–H and O–H groups in total. The van der Waals surface area contributed by atoms with Gasteiger partial charge in [0.25, 0.3) is 11.7 Å². The van der Waals surface area contributed by atoms with Crippen molar-refractivity contribution in [2.75, 3.05) is 11.4 Å². The van der Waals surface area contributed by atoms with Gasteiger partial charge in [-0.3, -0.25) is 14.4 Å². The van der Waals surface area contributed by atoms with Crippen LogP contribution in [-0.4, -0.2) is 30.2 Å². The summed E-state index contributed by atoms with van der Waals surface area (Å²) >= 11 is 0. The van der Waals surface area contributed by atoms with E-state index in [1.807, 2.05) is 26.8 Å². The van der Waals surface area contributed by atoms with Gasteiger partial charge in [0.15, 0.2) is 0 Å². The van der Waals surface area contributed by atoms with Crippen LogP contribution in [0, 0.1) is 6.92 Å². The van der Waals surface area contributed by atoms with Crippen molar-refractivity contribution < 1.29 is 14.4 Å². The quantitative estimate of drug-likeness (QED) is 0.845. The summed E-state index contributed by atoms with van der Waals surface area (Å²) in [6, 6.07) is 5.39. The molecular weight excluding hydrogens is 256 g/mol. The second kappa shape index (κ2) is 5.45. The van der Waals surface area contributed by atoms with Gasteiger partial charge in [0.2, 0.25) is 5.91 Å². The normalized spacial score (nSPS) is 13.9. The summed E-state index contributed by atoms with van der Waals surface area (Å²) in [4.78, 5) is 36.9. The lowest BCUT2D eigenvalue weighted by Crippen LogP contribution is -2.36. The first kappa shape index (κ1) is 14.2. The minimum Gasteiger partial charge on any atom is -0.354 e. The van der Waals surface area contributed by atoms with Crippen LogP contribution < -0.4 is 10.2 Å². The van der Waals surface area contributed by atoms with Gasteiger partial charge in [-0.2, -0.15) is 0 Å². The van der Waals surface area contributed by atoms with Gasteiger partial charge in [-0.1, -0.05) is 11.6 Å². The molecule has 1 heterocycles. The van der Waals surface area contributed by atoms with Crippen LogP contribution in [0.4, 0.5) is 5.69 Å². The first-order valence-electron chi connectivity index (χ1n) is 6.66. The van der Waals surface area contributed by atoms with Gasteiger partial charge in [0.05, 0.1) is 11.3 Å². The Bertz CT molecular complexity index is 578. The molecule has 1 aliphatic heterocycles. The molecule has 0 saturated carbocycles. The first-order valence-corrected chi connectivity index (χ1v) is 6.66. The van der Waals surface area contributed by atoms with Crippen LogP contribution in [0.2, 0.25) is 0 Å². The van der Waals surface area contributed by atoms with Crippen molar-refractivity contribution in [1.82, 2.24) is 5.32 Å². The van der Waals surface area contributed by atoms with E-state index in [1.54, 1.807) is 12.1 Å². The minimum absolute atomic E-state index is 0.0633. The fraction of sp³-hybridized carbons (Fsp3) is 0.400. The highest BCUT2D eigenvalue weighted by atomic mass is 16.2. The van der Waals surface area contributed by atoms with Crippen LogP contribution in [0.5, 0.6) is 0 Å². The Hall–Kier alpha value is -2.17. The van der Waals surface area contributed by atoms with Gasteiger partial charge in [0, 0.05) is 19.0 Å². The molecule has 0 saturated heterocycles. The number of fused-ring (bicyclic) bond motifs is 1.